The standard InChI is InChI=1S/C13H14ClN3O3/c1-20-11-5-2-9(14)6-8(11)7-15-17-13(19)12(18)16-10-3-4-10/h2,5-7,10H,3-4H2,1H3,(H,16,18)(H,17,19)/b15-7-. The van der Waals surface area contributed by atoms with Crippen LogP contribution in [0.3, 0.4) is 0 Å². The van der Waals surface area contributed by atoms with Gasteiger partial charge in [-0.05, 0) is 31.0 Å². The summed E-state index contributed by atoms with van der Waals surface area (Å²) < 4.78 is 5.12. The van der Waals surface area contributed by atoms with E-state index >= 15 is 0 Å². The molecule has 20 heavy (non-hydrogen) atoms. The normalized spacial score (nSPS) is 14.1. The number of hydrazone groups is 1. The largest absolute Gasteiger partial charge is 0.496 e. The number of rotatable bonds is 4. The van der Waals surface area contributed by atoms with E-state index in [2.05, 4.69) is 15.8 Å². The van der Waals surface area contributed by atoms with Gasteiger partial charge in [-0.15, -0.1) is 0 Å². The quantitative estimate of drug-likeness (QED) is 0.495. The number of carbonyl (C=O) groups is 2. The van der Waals surface area contributed by atoms with E-state index in [0.717, 1.165) is 12.8 Å². The summed E-state index contributed by atoms with van der Waals surface area (Å²) in [4.78, 5) is 22.8. The third kappa shape index (κ3) is 3.96. The molecule has 0 heterocycles. The van der Waals surface area contributed by atoms with Gasteiger partial charge in [0.2, 0.25) is 0 Å². The van der Waals surface area contributed by atoms with Gasteiger partial charge in [0.25, 0.3) is 0 Å². The van der Waals surface area contributed by atoms with Crippen LogP contribution in [0.5, 0.6) is 5.75 Å². The SMILES string of the molecule is COc1ccc(Cl)cc1/C=N\NC(=O)C(=O)NC1CC1. The molecule has 0 aromatic heterocycles. The molecule has 6 nitrogen and oxygen atoms in total. The number of nitrogens with one attached hydrogen (secondary N) is 2. The molecule has 1 aliphatic carbocycles. The molecule has 2 rings (SSSR count). The molecule has 1 saturated carbocycles. The van der Waals surface area contributed by atoms with Crippen molar-refractivity contribution in [2.75, 3.05) is 7.11 Å². The van der Waals surface area contributed by atoms with Crippen molar-refractivity contribution in [3.05, 3.63) is 28.8 Å². The van der Waals surface area contributed by atoms with Crippen molar-refractivity contribution in [2.24, 2.45) is 5.10 Å². The van der Waals surface area contributed by atoms with Crippen LogP contribution in [0.4, 0.5) is 0 Å². The van der Waals surface area contributed by atoms with Gasteiger partial charge in [0, 0.05) is 16.6 Å². The molecule has 0 atom stereocenters. The lowest BCUT2D eigenvalue weighted by Gasteiger charge is -2.04. The predicted molar refractivity (Wildman–Crippen MR) is 74.9 cm³/mol. The second-order valence-corrected chi connectivity index (χ2v) is 4.77. The summed E-state index contributed by atoms with van der Waals surface area (Å²) in [7, 11) is 1.52. The lowest BCUT2D eigenvalue weighted by atomic mass is 10.2. The van der Waals surface area contributed by atoms with E-state index in [0.29, 0.717) is 16.3 Å². The van der Waals surface area contributed by atoms with Gasteiger partial charge in [-0.1, -0.05) is 11.6 Å². The van der Waals surface area contributed by atoms with E-state index in [-0.39, 0.29) is 6.04 Å². The number of ether oxygens (including phenoxy) is 1. The van der Waals surface area contributed by atoms with Crippen LogP contribution < -0.4 is 15.5 Å². The Balaban J connectivity index is 1.93. The van der Waals surface area contributed by atoms with Crippen LogP contribution in [0.2, 0.25) is 5.02 Å². The third-order valence-corrected chi connectivity index (χ3v) is 2.92. The van der Waals surface area contributed by atoms with Crippen molar-refractivity contribution in [3.63, 3.8) is 0 Å². The van der Waals surface area contributed by atoms with Crippen LogP contribution in [-0.4, -0.2) is 31.2 Å². The maximum Gasteiger partial charge on any atom is 0.329 e. The highest BCUT2D eigenvalue weighted by atomic mass is 35.5. The van der Waals surface area contributed by atoms with E-state index in [4.69, 9.17) is 16.3 Å². The van der Waals surface area contributed by atoms with Crippen molar-refractivity contribution in [2.45, 2.75) is 18.9 Å². The van der Waals surface area contributed by atoms with E-state index in [1.54, 1.807) is 18.2 Å². The minimum Gasteiger partial charge on any atom is -0.496 e. The van der Waals surface area contributed by atoms with Crippen LogP contribution in [0, 0.1) is 0 Å². The van der Waals surface area contributed by atoms with Crippen molar-refractivity contribution in [3.8, 4) is 5.75 Å². The molecule has 2 N–H and O–H groups in total. The van der Waals surface area contributed by atoms with Gasteiger partial charge < -0.3 is 10.1 Å². The predicted octanol–water partition coefficient (Wildman–Crippen LogP) is 1.08. The number of carbonyl (C=O) groups excluding carboxylic acids is 2. The summed E-state index contributed by atoms with van der Waals surface area (Å²) in [5, 5.41) is 6.80. The first-order valence-corrected chi connectivity index (χ1v) is 6.45. The van der Waals surface area contributed by atoms with E-state index in [9.17, 15) is 9.59 Å². The molecule has 0 unspecified atom stereocenters. The topological polar surface area (TPSA) is 79.8 Å². The Morgan fingerprint density at radius 1 is 1.40 bits per heavy atom. The van der Waals surface area contributed by atoms with Crippen LogP contribution in [0.15, 0.2) is 23.3 Å². The van der Waals surface area contributed by atoms with Crippen molar-refractivity contribution in [1.82, 2.24) is 10.7 Å². The first kappa shape index (κ1) is 14.3. The van der Waals surface area contributed by atoms with Crippen LogP contribution >= 0.6 is 11.6 Å². The smallest absolute Gasteiger partial charge is 0.329 e. The summed E-state index contributed by atoms with van der Waals surface area (Å²) in [6, 6.07) is 5.13. The Bertz CT molecular complexity index is 556. The Kier molecular flexibility index (Phi) is 4.57. The maximum atomic E-state index is 11.4. The van der Waals surface area contributed by atoms with Gasteiger partial charge in [0.15, 0.2) is 0 Å². The number of benzene rings is 1. The lowest BCUT2D eigenvalue weighted by molar-refractivity contribution is -0.139. The Hall–Kier alpha value is -2.08. The molecule has 0 aliphatic heterocycles. The van der Waals surface area contributed by atoms with Crippen LogP contribution in [0.25, 0.3) is 0 Å². The minimum atomic E-state index is -0.797. The van der Waals surface area contributed by atoms with Gasteiger partial charge >= 0.3 is 11.8 Å². The zero-order valence-corrected chi connectivity index (χ0v) is 11.6. The first-order chi connectivity index (χ1) is 9.60. The first-order valence-electron chi connectivity index (χ1n) is 6.07. The molecule has 0 bridgehead atoms. The fraction of sp³-hybridized carbons (Fsp3) is 0.308. The van der Waals surface area contributed by atoms with E-state index in [1.807, 2.05) is 0 Å². The fourth-order valence-electron chi connectivity index (χ4n) is 1.50. The average Bonchev–Trinajstić information content (AvgIpc) is 3.22. The van der Waals surface area contributed by atoms with Gasteiger partial charge in [-0.3, -0.25) is 9.59 Å². The molecule has 7 heteroatoms. The number of halogens is 1. The van der Waals surface area contributed by atoms with Gasteiger partial charge in [0.05, 0.1) is 13.3 Å². The molecule has 1 aromatic carbocycles. The van der Waals surface area contributed by atoms with Gasteiger partial charge in [-0.2, -0.15) is 5.10 Å². The lowest BCUT2D eigenvalue weighted by Crippen LogP contribution is -2.38. The average molecular weight is 296 g/mol. The molecular weight excluding hydrogens is 282 g/mol. The Morgan fingerprint density at radius 3 is 2.80 bits per heavy atom. The number of nitrogens with zero attached hydrogens (tertiary/aromatic N) is 1. The minimum absolute atomic E-state index is 0.130. The summed E-state index contributed by atoms with van der Waals surface area (Å²) in [6.45, 7) is 0. The number of methoxy groups -OCH3 is 1. The van der Waals surface area contributed by atoms with E-state index < -0.39 is 11.8 Å². The Labute approximate surface area is 121 Å². The molecule has 1 aromatic rings. The molecule has 1 fully saturated rings. The highest BCUT2D eigenvalue weighted by Gasteiger charge is 2.26. The summed E-state index contributed by atoms with van der Waals surface area (Å²) in [6.07, 6.45) is 3.21. The van der Waals surface area contributed by atoms with E-state index in [1.165, 1.54) is 13.3 Å². The third-order valence-electron chi connectivity index (χ3n) is 2.68. The molecule has 0 spiro atoms. The highest BCUT2D eigenvalue weighted by Crippen LogP contribution is 2.20. The second-order valence-electron chi connectivity index (χ2n) is 4.33. The zero-order chi connectivity index (χ0) is 14.5. The fourth-order valence-corrected chi connectivity index (χ4v) is 1.68. The monoisotopic (exact) mass is 295 g/mol. The summed E-state index contributed by atoms with van der Waals surface area (Å²) >= 11 is 5.86. The highest BCUT2D eigenvalue weighted by molar-refractivity contribution is 6.35. The van der Waals surface area contributed by atoms with Crippen molar-refractivity contribution >= 4 is 29.6 Å². The number of hydrogen-bond acceptors (Lipinski definition) is 4. The molecule has 0 saturated heterocycles. The molecule has 1 aliphatic rings. The zero-order valence-electron chi connectivity index (χ0n) is 10.9. The van der Waals surface area contributed by atoms with Gasteiger partial charge in [-0.25, -0.2) is 5.43 Å². The van der Waals surface area contributed by atoms with Crippen molar-refractivity contribution < 1.29 is 14.3 Å². The molecular formula is C13H14ClN3O3. The summed E-state index contributed by atoms with van der Waals surface area (Å²) in [5.41, 5.74) is 2.75. The van der Waals surface area contributed by atoms with Crippen molar-refractivity contribution in [1.29, 1.82) is 0 Å². The number of amides is 2. The maximum absolute atomic E-state index is 11.4. The molecule has 0 radical (unpaired) electrons. The second kappa shape index (κ2) is 6.38. The molecule has 106 valence electrons. The Morgan fingerprint density at radius 2 is 2.15 bits per heavy atom. The van der Waals surface area contributed by atoms with Crippen LogP contribution in [-0.2, 0) is 9.59 Å². The number of hydrogen-bond donors (Lipinski definition) is 2. The molecule has 2 amide bonds. The van der Waals surface area contributed by atoms with Gasteiger partial charge in [0.1, 0.15) is 5.75 Å². The summed E-state index contributed by atoms with van der Waals surface area (Å²) in [5.74, 6) is -0.910. The van der Waals surface area contributed by atoms with Crippen LogP contribution in [0.1, 0.15) is 18.4 Å².